The molecule has 0 heterocycles. The minimum absolute atomic E-state index is 0.0746. The lowest BCUT2D eigenvalue weighted by molar-refractivity contribution is -0.167. The summed E-state index contributed by atoms with van der Waals surface area (Å²) >= 11 is 0. The second kappa shape index (κ2) is 67.4. The van der Waals surface area contributed by atoms with Gasteiger partial charge in [0.1, 0.15) is 13.2 Å². The van der Waals surface area contributed by atoms with Crippen LogP contribution in [0, 0.1) is 0 Å². The van der Waals surface area contributed by atoms with Crippen LogP contribution in [0.4, 0.5) is 0 Å². The average Bonchev–Trinajstić information content (AvgIpc) is 3.45. The standard InChI is InChI=1S/C73H130O6/c1-4-7-10-13-16-18-20-22-24-26-28-30-31-32-33-34-35-36-37-38-39-40-41-43-44-46-48-50-52-54-57-60-63-66-72(75)78-69-70(68-77-71(74)65-62-59-56-15-12-9-6-3)79-73(76)67-64-61-58-55-53-51-49-47-45-42-29-27-25-23-21-19-17-14-11-8-5-2/h8,11,17,19-20,22-23,25-26,28-29,42,70H,4-7,9-10,12-16,18,21,24,27,30-41,43-69H2,1-3H3/b11-8-,19-17-,22-20-,25-23-,28-26-,42-29-. The summed E-state index contributed by atoms with van der Waals surface area (Å²) in [5.41, 5.74) is 0. The molecule has 1 unspecified atom stereocenters. The van der Waals surface area contributed by atoms with Gasteiger partial charge in [-0.15, -0.1) is 0 Å². The molecule has 0 saturated carbocycles. The Kier molecular flexibility index (Phi) is 64.7. The Balaban J connectivity index is 4.01. The molecular formula is C73H130O6. The van der Waals surface area contributed by atoms with E-state index in [0.717, 1.165) is 96.3 Å². The Morgan fingerprint density at radius 2 is 0.494 bits per heavy atom. The Bertz CT molecular complexity index is 1450. The van der Waals surface area contributed by atoms with Gasteiger partial charge in [0, 0.05) is 19.3 Å². The van der Waals surface area contributed by atoms with Crippen molar-refractivity contribution in [1.29, 1.82) is 0 Å². The van der Waals surface area contributed by atoms with E-state index in [1.54, 1.807) is 0 Å². The molecule has 0 aromatic heterocycles. The summed E-state index contributed by atoms with van der Waals surface area (Å²) < 4.78 is 16.9. The summed E-state index contributed by atoms with van der Waals surface area (Å²) in [6.07, 6.45) is 88.2. The number of carbonyl (C=O) groups is 3. The number of ether oxygens (including phenoxy) is 3. The van der Waals surface area contributed by atoms with Crippen LogP contribution in [0.2, 0.25) is 0 Å². The lowest BCUT2D eigenvalue weighted by atomic mass is 10.0. The van der Waals surface area contributed by atoms with Crippen molar-refractivity contribution in [3.63, 3.8) is 0 Å². The van der Waals surface area contributed by atoms with E-state index < -0.39 is 6.10 Å². The number of hydrogen-bond donors (Lipinski definition) is 0. The van der Waals surface area contributed by atoms with Crippen LogP contribution < -0.4 is 0 Å². The largest absolute Gasteiger partial charge is 0.462 e. The van der Waals surface area contributed by atoms with Crippen molar-refractivity contribution < 1.29 is 28.6 Å². The summed E-state index contributed by atoms with van der Waals surface area (Å²) in [5.74, 6) is -0.873. The molecule has 0 spiro atoms. The van der Waals surface area contributed by atoms with Crippen LogP contribution in [0.5, 0.6) is 0 Å². The smallest absolute Gasteiger partial charge is 0.306 e. The maximum Gasteiger partial charge on any atom is 0.306 e. The van der Waals surface area contributed by atoms with Crippen molar-refractivity contribution in [3.8, 4) is 0 Å². The Labute approximate surface area is 491 Å². The average molecular weight is 1100 g/mol. The van der Waals surface area contributed by atoms with E-state index in [4.69, 9.17) is 14.2 Å². The Morgan fingerprint density at radius 3 is 0.772 bits per heavy atom. The normalized spacial score (nSPS) is 12.5. The molecule has 0 aliphatic carbocycles. The maximum atomic E-state index is 12.9. The summed E-state index contributed by atoms with van der Waals surface area (Å²) in [5, 5.41) is 0. The van der Waals surface area contributed by atoms with E-state index in [1.165, 1.54) is 218 Å². The third-order valence-corrected chi connectivity index (χ3v) is 15.2. The predicted molar refractivity (Wildman–Crippen MR) is 344 cm³/mol. The van der Waals surface area contributed by atoms with Gasteiger partial charge in [-0.1, -0.05) is 318 Å². The first-order chi connectivity index (χ1) is 39.0. The molecule has 0 N–H and O–H groups in total. The number of unbranched alkanes of at least 4 members (excludes halogenated alkanes) is 40. The first kappa shape index (κ1) is 75.8. The van der Waals surface area contributed by atoms with Crippen LogP contribution in [-0.2, 0) is 28.6 Å². The zero-order chi connectivity index (χ0) is 57.1. The molecule has 6 heteroatoms. The molecule has 458 valence electrons. The van der Waals surface area contributed by atoms with Crippen molar-refractivity contribution in [2.45, 2.75) is 361 Å². The van der Waals surface area contributed by atoms with Gasteiger partial charge >= 0.3 is 17.9 Å². The number of carbonyl (C=O) groups excluding carboxylic acids is 3. The maximum absolute atomic E-state index is 12.9. The van der Waals surface area contributed by atoms with Gasteiger partial charge in [-0.05, 0) is 89.9 Å². The molecular weight excluding hydrogens is 973 g/mol. The Morgan fingerprint density at radius 1 is 0.266 bits per heavy atom. The fourth-order valence-electron chi connectivity index (χ4n) is 10.1. The topological polar surface area (TPSA) is 78.9 Å². The van der Waals surface area contributed by atoms with E-state index >= 15 is 0 Å². The second-order valence-electron chi connectivity index (χ2n) is 23.1. The van der Waals surface area contributed by atoms with Crippen molar-refractivity contribution in [3.05, 3.63) is 72.9 Å². The van der Waals surface area contributed by atoms with Gasteiger partial charge in [-0.3, -0.25) is 14.4 Å². The first-order valence-corrected chi connectivity index (χ1v) is 34.4. The minimum atomic E-state index is -0.776. The molecule has 0 aliphatic rings. The van der Waals surface area contributed by atoms with Crippen LogP contribution in [0.25, 0.3) is 0 Å². The van der Waals surface area contributed by atoms with Crippen LogP contribution in [0.1, 0.15) is 355 Å². The third-order valence-electron chi connectivity index (χ3n) is 15.2. The summed E-state index contributed by atoms with van der Waals surface area (Å²) in [6, 6.07) is 0. The molecule has 0 fully saturated rings. The van der Waals surface area contributed by atoms with Crippen molar-refractivity contribution in [1.82, 2.24) is 0 Å². The summed E-state index contributed by atoms with van der Waals surface area (Å²) in [7, 11) is 0. The van der Waals surface area contributed by atoms with Gasteiger partial charge < -0.3 is 14.2 Å². The molecule has 0 aromatic carbocycles. The highest BCUT2D eigenvalue weighted by atomic mass is 16.6. The molecule has 0 radical (unpaired) electrons. The van der Waals surface area contributed by atoms with Crippen molar-refractivity contribution in [2.24, 2.45) is 0 Å². The highest BCUT2D eigenvalue weighted by Crippen LogP contribution is 2.18. The molecule has 0 saturated heterocycles. The van der Waals surface area contributed by atoms with E-state index in [9.17, 15) is 14.4 Å². The van der Waals surface area contributed by atoms with Gasteiger partial charge in [0.2, 0.25) is 0 Å². The highest BCUT2D eigenvalue weighted by Gasteiger charge is 2.19. The first-order valence-electron chi connectivity index (χ1n) is 34.4. The summed E-state index contributed by atoms with van der Waals surface area (Å²) in [6.45, 7) is 6.51. The van der Waals surface area contributed by atoms with E-state index in [-0.39, 0.29) is 31.1 Å². The molecule has 0 bridgehead atoms. The van der Waals surface area contributed by atoms with Crippen molar-refractivity contribution >= 4 is 17.9 Å². The van der Waals surface area contributed by atoms with Gasteiger partial charge in [0.15, 0.2) is 6.10 Å². The van der Waals surface area contributed by atoms with Crippen LogP contribution in [0.15, 0.2) is 72.9 Å². The van der Waals surface area contributed by atoms with E-state index in [0.29, 0.717) is 19.3 Å². The fraction of sp³-hybridized carbons (Fsp3) is 0.795. The van der Waals surface area contributed by atoms with Crippen LogP contribution in [0.3, 0.4) is 0 Å². The zero-order valence-corrected chi connectivity index (χ0v) is 52.6. The second-order valence-corrected chi connectivity index (χ2v) is 23.1. The molecule has 0 aliphatic heterocycles. The lowest BCUT2D eigenvalue weighted by Gasteiger charge is -2.18. The quantitative estimate of drug-likeness (QED) is 0.0261. The lowest BCUT2D eigenvalue weighted by Crippen LogP contribution is -2.30. The molecule has 0 aromatic rings. The number of allylic oxidation sites excluding steroid dienone is 12. The monoisotopic (exact) mass is 1100 g/mol. The molecule has 1 atom stereocenters. The molecule has 0 amide bonds. The van der Waals surface area contributed by atoms with Gasteiger partial charge in [0.25, 0.3) is 0 Å². The SMILES string of the molecule is CC/C=C\C/C=C\C/C=C\C/C=C\CCCCCCCCCCC(=O)OC(COC(=O)CCCCCCCCC)COC(=O)CCCCCCCCCCCCCCCCCCCCCCC/C=C\C/C=C\CCCCCCC. The molecule has 0 rings (SSSR count). The Hall–Kier alpha value is -3.15. The van der Waals surface area contributed by atoms with Gasteiger partial charge in [-0.2, -0.15) is 0 Å². The van der Waals surface area contributed by atoms with Crippen molar-refractivity contribution in [2.75, 3.05) is 13.2 Å². The minimum Gasteiger partial charge on any atom is -0.462 e. The van der Waals surface area contributed by atoms with E-state index in [1.807, 2.05) is 0 Å². The number of esters is 3. The van der Waals surface area contributed by atoms with Gasteiger partial charge in [0.05, 0.1) is 0 Å². The van der Waals surface area contributed by atoms with Crippen LogP contribution in [-0.4, -0.2) is 37.2 Å². The number of hydrogen-bond acceptors (Lipinski definition) is 6. The molecule has 79 heavy (non-hydrogen) atoms. The number of rotatable bonds is 63. The van der Waals surface area contributed by atoms with E-state index in [2.05, 4.69) is 93.7 Å². The third kappa shape index (κ3) is 65.5. The van der Waals surface area contributed by atoms with Gasteiger partial charge in [-0.25, -0.2) is 0 Å². The summed E-state index contributed by atoms with van der Waals surface area (Å²) in [4.78, 5) is 38.1. The fourth-order valence-corrected chi connectivity index (χ4v) is 10.1. The highest BCUT2D eigenvalue weighted by molar-refractivity contribution is 5.71. The zero-order valence-electron chi connectivity index (χ0n) is 52.6. The molecule has 6 nitrogen and oxygen atoms in total. The van der Waals surface area contributed by atoms with Crippen LogP contribution >= 0.6 is 0 Å². The predicted octanol–water partition coefficient (Wildman–Crippen LogP) is 23.7.